The zero-order valence-electron chi connectivity index (χ0n) is 6.25. The summed E-state index contributed by atoms with van der Waals surface area (Å²) in [5, 5.41) is 8.75. The zero-order chi connectivity index (χ0) is 8.27. The number of rotatable bonds is 1. The predicted octanol–water partition coefficient (Wildman–Crippen LogP) is -0.0831. The summed E-state index contributed by atoms with van der Waals surface area (Å²) in [6, 6.07) is 0. The number of ether oxygens (including phenoxy) is 1. The summed E-state index contributed by atoms with van der Waals surface area (Å²) in [6.07, 6.45) is 0. The van der Waals surface area contributed by atoms with Crippen LogP contribution in [-0.4, -0.2) is 42.2 Å². The highest BCUT2D eigenvalue weighted by molar-refractivity contribution is 5.90. The van der Waals surface area contributed by atoms with E-state index in [4.69, 9.17) is 9.84 Å². The highest BCUT2D eigenvalue weighted by Gasteiger charge is 2.18. The summed E-state index contributed by atoms with van der Waals surface area (Å²) in [5.41, 5.74) is 0. The van der Waals surface area contributed by atoms with Crippen LogP contribution in [0.3, 0.4) is 0 Å². The van der Waals surface area contributed by atoms with Gasteiger partial charge in [-0.05, 0) is 0 Å². The van der Waals surface area contributed by atoms with Crippen LogP contribution in [0.25, 0.3) is 0 Å². The van der Waals surface area contributed by atoms with E-state index in [0.717, 1.165) is 0 Å². The Morgan fingerprint density at radius 1 is 1.45 bits per heavy atom. The second-order valence-corrected chi connectivity index (χ2v) is 2.35. The average Bonchev–Trinajstić information content (AvgIpc) is 2.05. The third-order valence-corrected chi connectivity index (χ3v) is 1.55. The first-order valence-corrected chi connectivity index (χ1v) is 3.46. The fourth-order valence-electron chi connectivity index (χ4n) is 0.949. The quantitative estimate of drug-likeness (QED) is 0.427. The zero-order valence-corrected chi connectivity index (χ0v) is 6.25. The molecule has 0 aromatic rings. The minimum Gasteiger partial charge on any atom is -0.503 e. The Morgan fingerprint density at radius 2 is 2.00 bits per heavy atom. The fourth-order valence-corrected chi connectivity index (χ4v) is 0.949. The SMILES string of the molecule is C=C(O)C(=O)N1CCOCC1. The Labute approximate surface area is 65.1 Å². The standard InChI is InChI=1S/C7H11NO3/c1-6(9)7(10)8-2-4-11-5-3-8/h9H,1-5H2. The van der Waals surface area contributed by atoms with E-state index in [-0.39, 0.29) is 0 Å². The first kappa shape index (κ1) is 8.07. The monoisotopic (exact) mass is 157 g/mol. The number of morpholine rings is 1. The van der Waals surface area contributed by atoms with Crippen LogP contribution in [-0.2, 0) is 9.53 Å². The molecule has 1 amide bonds. The minimum atomic E-state index is -0.396. The van der Waals surface area contributed by atoms with E-state index >= 15 is 0 Å². The normalized spacial score (nSPS) is 18.0. The lowest BCUT2D eigenvalue weighted by atomic mass is 10.4. The van der Waals surface area contributed by atoms with E-state index < -0.39 is 11.7 Å². The van der Waals surface area contributed by atoms with Crippen molar-refractivity contribution in [3.63, 3.8) is 0 Å². The van der Waals surface area contributed by atoms with Crippen LogP contribution in [0.1, 0.15) is 0 Å². The van der Waals surface area contributed by atoms with Gasteiger partial charge < -0.3 is 14.7 Å². The van der Waals surface area contributed by atoms with Crippen molar-refractivity contribution in [3.05, 3.63) is 12.3 Å². The molecule has 0 radical (unpaired) electrons. The predicted molar refractivity (Wildman–Crippen MR) is 39.2 cm³/mol. The van der Waals surface area contributed by atoms with E-state index in [9.17, 15) is 4.79 Å². The lowest BCUT2D eigenvalue weighted by Gasteiger charge is -2.25. The topological polar surface area (TPSA) is 49.8 Å². The Bertz CT molecular complexity index is 173. The molecule has 1 fully saturated rings. The molecule has 0 aromatic carbocycles. The molecule has 0 aliphatic carbocycles. The molecule has 0 saturated carbocycles. The van der Waals surface area contributed by atoms with Crippen molar-refractivity contribution in [2.75, 3.05) is 26.3 Å². The Kier molecular flexibility index (Phi) is 2.48. The third-order valence-electron chi connectivity index (χ3n) is 1.55. The van der Waals surface area contributed by atoms with E-state index in [1.54, 1.807) is 0 Å². The summed E-state index contributed by atoms with van der Waals surface area (Å²) >= 11 is 0. The maximum atomic E-state index is 11.0. The smallest absolute Gasteiger partial charge is 0.288 e. The highest BCUT2D eigenvalue weighted by atomic mass is 16.5. The van der Waals surface area contributed by atoms with Crippen molar-refractivity contribution < 1.29 is 14.6 Å². The molecule has 4 nitrogen and oxygen atoms in total. The molecule has 1 aliphatic heterocycles. The van der Waals surface area contributed by atoms with Crippen LogP contribution in [0.4, 0.5) is 0 Å². The van der Waals surface area contributed by atoms with Gasteiger partial charge in [-0.1, -0.05) is 6.58 Å². The lowest BCUT2D eigenvalue weighted by molar-refractivity contribution is -0.133. The maximum absolute atomic E-state index is 11.0. The molecule has 1 heterocycles. The first-order valence-electron chi connectivity index (χ1n) is 3.46. The largest absolute Gasteiger partial charge is 0.503 e. The van der Waals surface area contributed by atoms with Gasteiger partial charge in [0.1, 0.15) is 0 Å². The number of aliphatic hydroxyl groups is 1. The second-order valence-electron chi connectivity index (χ2n) is 2.35. The van der Waals surface area contributed by atoms with Gasteiger partial charge in [0.05, 0.1) is 13.2 Å². The molecule has 1 saturated heterocycles. The van der Waals surface area contributed by atoms with Crippen LogP contribution >= 0.6 is 0 Å². The van der Waals surface area contributed by atoms with E-state index in [1.165, 1.54) is 4.90 Å². The molecule has 4 heteroatoms. The summed E-state index contributed by atoms with van der Waals surface area (Å²) < 4.78 is 5.02. The molecule has 1 aliphatic rings. The van der Waals surface area contributed by atoms with Gasteiger partial charge >= 0.3 is 0 Å². The van der Waals surface area contributed by atoms with Crippen LogP contribution in [0.5, 0.6) is 0 Å². The summed E-state index contributed by atoms with van der Waals surface area (Å²) in [6.45, 7) is 5.32. The van der Waals surface area contributed by atoms with Crippen molar-refractivity contribution >= 4 is 5.91 Å². The molecular weight excluding hydrogens is 146 g/mol. The van der Waals surface area contributed by atoms with Crippen molar-refractivity contribution in [2.45, 2.75) is 0 Å². The van der Waals surface area contributed by atoms with Crippen LogP contribution in [0.2, 0.25) is 0 Å². The number of carbonyl (C=O) groups excluding carboxylic acids is 1. The van der Waals surface area contributed by atoms with Gasteiger partial charge in [-0.25, -0.2) is 0 Å². The molecular formula is C7H11NO3. The van der Waals surface area contributed by atoms with Crippen LogP contribution < -0.4 is 0 Å². The number of hydrogen-bond acceptors (Lipinski definition) is 3. The third kappa shape index (κ3) is 1.94. The Morgan fingerprint density at radius 3 is 2.45 bits per heavy atom. The number of amides is 1. The van der Waals surface area contributed by atoms with E-state index in [0.29, 0.717) is 26.3 Å². The van der Waals surface area contributed by atoms with Gasteiger partial charge in [-0.3, -0.25) is 4.79 Å². The number of carbonyl (C=O) groups is 1. The van der Waals surface area contributed by atoms with Crippen molar-refractivity contribution in [1.82, 2.24) is 4.90 Å². The second kappa shape index (κ2) is 3.39. The van der Waals surface area contributed by atoms with Gasteiger partial charge in [0.2, 0.25) is 0 Å². The first-order chi connectivity index (χ1) is 5.22. The summed E-state index contributed by atoms with van der Waals surface area (Å²) in [4.78, 5) is 12.5. The molecule has 0 bridgehead atoms. The van der Waals surface area contributed by atoms with Crippen molar-refractivity contribution in [3.8, 4) is 0 Å². The molecule has 0 spiro atoms. The number of aliphatic hydroxyl groups excluding tert-OH is 1. The van der Waals surface area contributed by atoms with Crippen molar-refractivity contribution in [1.29, 1.82) is 0 Å². The molecule has 1 rings (SSSR count). The van der Waals surface area contributed by atoms with Gasteiger partial charge in [0.25, 0.3) is 5.91 Å². The van der Waals surface area contributed by atoms with Crippen LogP contribution in [0.15, 0.2) is 12.3 Å². The molecule has 0 aromatic heterocycles. The number of nitrogens with zero attached hydrogens (tertiary/aromatic N) is 1. The molecule has 11 heavy (non-hydrogen) atoms. The molecule has 0 atom stereocenters. The molecule has 0 unspecified atom stereocenters. The van der Waals surface area contributed by atoms with Crippen molar-refractivity contribution in [2.24, 2.45) is 0 Å². The minimum absolute atomic E-state index is 0.395. The van der Waals surface area contributed by atoms with Gasteiger partial charge in [-0.15, -0.1) is 0 Å². The highest BCUT2D eigenvalue weighted by Crippen LogP contribution is 2.00. The van der Waals surface area contributed by atoms with Gasteiger partial charge in [-0.2, -0.15) is 0 Å². The van der Waals surface area contributed by atoms with Gasteiger partial charge in [0.15, 0.2) is 5.76 Å². The number of hydrogen-bond donors (Lipinski definition) is 1. The average molecular weight is 157 g/mol. The lowest BCUT2D eigenvalue weighted by Crippen LogP contribution is -2.41. The Hall–Kier alpha value is -1.03. The van der Waals surface area contributed by atoms with Crippen LogP contribution in [0, 0.1) is 0 Å². The fraction of sp³-hybridized carbons (Fsp3) is 0.571. The Balaban J connectivity index is 2.45. The van der Waals surface area contributed by atoms with Gasteiger partial charge in [0, 0.05) is 13.1 Å². The summed E-state index contributed by atoms with van der Waals surface area (Å²) in [7, 11) is 0. The maximum Gasteiger partial charge on any atom is 0.288 e. The van der Waals surface area contributed by atoms with E-state index in [2.05, 4.69) is 6.58 Å². The molecule has 1 N–H and O–H groups in total. The van der Waals surface area contributed by atoms with E-state index in [1.807, 2.05) is 0 Å². The summed E-state index contributed by atoms with van der Waals surface area (Å²) in [5.74, 6) is -0.791. The molecule has 62 valence electrons.